The normalized spacial score (nSPS) is 44.3. The van der Waals surface area contributed by atoms with E-state index >= 15 is 0 Å². The van der Waals surface area contributed by atoms with Crippen LogP contribution in [-0.2, 0) is 16.0 Å². The fourth-order valence-corrected chi connectivity index (χ4v) is 11.6. The first-order chi connectivity index (χ1) is 20.7. The van der Waals surface area contributed by atoms with Crippen molar-refractivity contribution in [1.29, 1.82) is 0 Å². The van der Waals surface area contributed by atoms with E-state index in [9.17, 15) is 9.90 Å². The van der Waals surface area contributed by atoms with Crippen LogP contribution < -0.4 is 5.32 Å². The molecule has 6 aliphatic rings. The van der Waals surface area contributed by atoms with Crippen LogP contribution in [0.5, 0.6) is 0 Å². The van der Waals surface area contributed by atoms with Gasteiger partial charge in [-0.2, -0.15) is 0 Å². The van der Waals surface area contributed by atoms with Gasteiger partial charge in [0.15, 0.2) is 0 Å². The van der Waals surface area contributed by atoms with Gasteiger partial charge in [0.1, 0.15) is 0 Å². The van der Waals surface area contributed by atoms with Gasteiger partial charge in [-0.1, -0.05) is 62.2 Å². The Labute approximate surface area is 260 Å². The number of ether oxygens (including phenoxy) is 1. The molecule has 4 aliphatic carbocycles. The molecule has 0 bridgehead atoms. The highest BCUT2D eigenvalue weighted by molar-refractivity contribution is 5.78. The first-order valence-corrected chi connectivity index (χ1v) is 17.8. The number of allylic oxidation sites excluding steroid dienone is 1. The van der Waals surface area contributed by atoms with Crippen molar-refractivity contribution in [3.8, 4) is 0 Å². The second-order valence-electron chi connectivity index (χ2n) is 16.2. The molecule has 2 saturated heterocycles. The van der Waals surface area contributed by atoms with Crippen LogP contribution in [0.1, 0.15) is 97.5 Å². The summed E-state index contributed by atoms with van der Waals surface area (Å²) in [4.78, 5) is 15.3. The fourth-order valence-electron chi connectivity index (χ4n) is 11.6. The highest BCUT2D eigenvalue weighted by Gasteiger charge is 2.60. The summed E-state index contributed by atoms with van der Waals surface area (Å²) in [6.07, 6.45) is 12.6. The largest absolute Gasteiger partial charge is 0.393 e. The summed E-state index contributed by atoms with van der Waals surface area (Å²) in [5, 5.41) is 13.6. The quantitative estimate of drug-likeness (QED) is 0.384. The smallest absolute Gasteiger partial charge is 0.224 e. The fraction of sp³-hybridized carbons (Fsp3) is 0.763. The standard InChI is InChI=1S/C38H56N2O3/c1-24-18-34-36(40(23-24)17-16-39-35(42)19-27-8-6-5-7-9-27)26(3)38(43-34)15-13-30-31-11-10-28-20-29(41)12-14-37(28,4)33(31)21-32(30)25(2)22-38/h5-9,24,26,28-31,33-34,36,41H,10-23H2,1-4H3,(H,39,42)/t24-,26+,28+,29?,30-,31-,33-,34+,36-,37-,38-/m0/s1. The maximum absolute atomic E-state index is 12.7. The Morgan fingerprint density at radius 3 is 2.72 bits per heavy atom. The van der Waals surface area contributed by atoms with Gasteiger partial charge in [-0.05, 0) is 112 Å². The Bertz CT molecular complexity index is 1210. The summed E-state index contributed by atoms with van der Waals surface area (Å²) in [5.74, 6) is 4.30. The number of amides is 1. The molecular formula is C38H56N2O3. The lowest BCUT2D eigenvalue weighted by molar-refractivity contribution is -0.120. The average Bonchev–Trinajstić information content (AvgIpc) is 3.44. The van der Waals surface area contributed by atoms with Crippen molar-refractivity contribution in [2.45, 2.75) is 122 Å². The van der Waals surface area contributed by atoms with Crippen LogP contribution in [0, 0.1) is 40.9 Å². The van der Waals surface area contributed by atoms with Crippen molar-refractivity contribution < 1.29 is 14.6 Å². The van der Waals surface area contributed by atoms with Crippen LogP contribution in [0.3, 0.4) is 0 Å². The number of nitrogens with one attached hydrogen (secondary N) is 1. The lowest BCUT2D eigenvalue weighted by atomic mass is 9.52. The lowest BCUT2D eigenvalue weighted by Gasteiger charge is -2.53. The Morgan fingerprint density at radius 1 is 1.09 bits per heavy atom. The summed E-state index contributed by atoms with van der Waals surface area (Å²) in [6.45, 7) is 12.6. The van der Waals surface area contributed by atoms with E-state index in [1.165, 1.54) is 38.5 Å². The Balaban J connectivity index is 1.04. The zero-order valence-electron chi connectivity index (χ0n) is 27.2. The first kappa shape index (κ1) is 30.0. The van der Waals surface area contributed by atoms with E-state index in [1.54, 1.807) is 11.1 Å². The summed E-state index contributed by atoms with van der Waals surface area (Å²) in [7, 11) is 0. The number of benzene rings is 1. The molecule has 2 heterocycles. The number of carbonyl (C=O) groups is 1. The number of hydrogen-bond acceptors (Lipinski definition) is 4. The second kappa shape index (κ2) is 11.6. The molecule has 43 heavy (non-hydrogen) atoms. The molecule has 3 saturated carbocycles. The number of likely N-dealkylation sites (tertiary alicyclic amines) is 1. The molecule has 1 aromatic carbocycles. The number of piperidine rings is 1. The molecule has 11 atom stereocenters. The minimum atomic E-state index is -0.0697. The van der Waals surface area contributed by atoms with Crippen molar-refractivity contribution in [2.24, 2.45) is 40.9 Å². The molecule has 7 rings (SSSR count). The summed E-state index contributed by atoms with van der Waals surface area (Å²) in [6, 6.07) is 10.5. The molecule has 5 fully saturated rings. The Kier molecular flexibility index (Phi) is 8.08. The minimum absolute atomic E-state index is 0.0544. The summed E-state index contributed by atoms with van der Waals surface area (Å²) in [5.41, 5.74) is 4.88. The summed E-state index contributed by atoms with van der Waals surface area (Å²) < 4.78 is 7.29. The van der Waals surface area contributed by atoms with E-state index in [4.69, 9.17) is 4.74 Å². The molecule has 2 N–H and O–H groups in total. The zero-order valence-corrected chi connectivity index (χ0v) is 27.2. The number of aliphatic hydroxyl groups is 1. The van der Waals surface area contributed by atoms with Gasteiger partial charge in [-0.15, -0.1) is 0 Å². The molecule has 1 aromatic rings. The van der Waals surface area contributed by atoms with Gasteiger partial charge in [0, 0.05) is 31.6 Å². The van der Waals surface area contributed by atoms with Gasteiger partial charge >= 0.3 is 0 Å². The minimum Gasteiger partial charge on any atom is -0.393 e. The zero-order chi connectivity index (χ0) is 29.9. The molecule has 2 aliphatic heterocycles. The predicted molar refractivity (Wildman–Crippen MR) is 171 cm³/mol. The van der Waals surface area contributed by atoms with Gasteiger partial charge < -0.3 is 15.2 Å². The number of hydrogen-bond donors (Lipinski definition) is 2. The molecule has 1 spiro atoms. The van der Waals surface area contributed by atoms with E-state index in [1.807, 2.05) is 30.3 Å². The van der Waals surface area contributed by atoms with Crippen molar-refractivity contribution in [3.63, 3.8) is 0 Å². The van der Waals surface area contributed by atoms with Gasteiger partial charge in [0.25, 0.3) is 0 Å². The monoisotopic (exact) mass is 588 g/mol. The number of carbonyl (C=O) groups excluding carboxylic acids is 1. The average molecular weight is 589 g/mol. The molecule has 236 valence electrons. The van der Waals surface area contributed by atoms with Crippen molar-refractivity contribution in [1.82, 2.24) is 10.2 Å². The van der Waals surface area contributed by atoms with Crippen molar-refractivity contribution in [2.75, 3.05) is 19.6 Å². The van der Waals surface area contributed by atoms with Crippen LogP contribution in [-0.4, -0.2) is 59.4 Å². The van der Waals surface area contributed by atoms with Gasteiger partial charge in [0.05, 0.1) is 24.2 Å². The maximum atomic E-state index is 12.7. The molecule has 5 heteroatoms. The lowest BCUT2D eigenvalue weighted by Crippen LogP contribution is -2.53. The van der Waals surface area contributed by atoms with Crippen LogP contribution >= 0.6 is 0 Å². The third kappa shape index (κ3) is 5.33. The molecule has 1 amide bonds. The maximum Gasteiger partial charge on any atom is 0.224 e. The van der Waals surface area contributed by atoms with E-state index < -0.39 is 0 Å². The Morgan fingerprint density at radius 2 is 1.91 bits per heavy atom. The highest BCUT2D eigenvalue weighted by Crippen LogP contribution is 2.65. The Hall–Kier alpha value is -1.69. The first-order valence-electron chi connectivity index (χ1n) is 17.8. The van der Waals surface area contributed by atoms with Crippen LogP contribution in [0.4, 0.5) is 0 Å². The SMILES string of the molecule is CC1=C2C[C@H]3[C@@H](CC[C@@H]4CC(O)CC[C@@]43C)[C@@H]2CC[C@@]2(C1)O[C@@H]1C[C@H](C)CN(CCNC(=O)Cc3ccccc3)[C@H]1[C@H]2C. The number of aliphatic hydroxyl groups excluding tert-OH is 1. The number of fused-ring (bicyclic) bond motifs is 6. The molecule has 0 radical (unpaired) electrons. The van der Waals surface area contributed by atoms with E-state index in [2.05, 4.69) is 37.9 Å². The highest BCUT2D eigenvalue weighted by atomic mass is 16.5. The van der Waals surface area contributed by atoms with Gasteiger partial charge in [0.2, 0.25) is 5.91 Å². The molecule has 5 nitrogen and oxygen atoms in total. The van der Waals surface area contributed by atoms with Crippen LogP contribution in [0.15, 0.2) is 41.5 Å². The van der Waals surface area contributed by atoms with Crippen LogP contribution in [0.2, 0.25) is 0 Å². The third-order valence-electron chi connectivity index (χ3n) is 13.8. The van der Waals surface area contributed by atoms with Gasteiger partial charge in [-0.3, -0.25) is 9.69 Å². The van der Waals surface area contributed by atoms with E-state index in [-0.39, 0.29) is 17.6 Å². The third-order valence-corrected chi connectivity index (χ3v) is 13.8. The number of rotatable bonds is 5. The van der Waals surface area contributed by atoms with Crippen molar-refractivity contribution >= 4 is 5.91 Å². The summed E-state index contributed by atoms with van der Waals surface area (Å²) >= 11 is 0. The molecule has 1 unspecified atom stereocenters. The molecular weight excluding hydrogens is 532 g/mol. The molecule has 0 aromatic heterocycles. The van der Waals surface area contributed by atoms with Crippen LogP contribution in [0.25, 0.3) is 0 Å². The number of nitrogens with zero attached hydrogens (tertiary/aromatic N) is 1. The predicted octanol–water partition coefficient (Wildman–Crippen LogP) is 6.54. The van der Waals surface area contributed by atoms with Gasteiger partial charge in [-0.25, -0.2) is 0 Å². The van der Waals surface area contributed by atoms with E-state index in [0.717, 1.165) is 62.1 Å². The second-order valence-corrected chi connectivity index (χ2v) is 16.2. The van der Waals surface area contributed by atoms with E-state index in [0.29, 0.717) is 48.3 Å². The van der Waals surface area contributed by atoms with Crippen molar-refractivity contribution in [3.05, 3.63) is 47.0 Å². The topological polar surface area (TPSA) is 61.8 Å².